The number of hydrogen-bond acceptors (Lipinski definition) is 3. The normalized spacial score (nSPS) is 10.1. The number of carbonyl (C=O) groups excluding carboxylic acids is 2. The first-order valence-electron chi connectivity index (χ1n) is 9.33. The molecule has 0 atom stereocenters. The standard InChI is InChI=1S/C23H23N3O3/c1-17-8-7-11-19(16-17)29-21-13-6-5-12-20(21)26-23(28)25-15-14-24-22(27)18-9-3-2-4-10-18/h2-13,16H,14-15H2,1H3,(H,24,27)(H2,25,26,28). The van der Waals surface area contributed by atoms with Gasteiger partial charge in [-0.05, 0) is 48.9 Å². The number of ether oxygens (including phenoxy) is 1. The topological polar surface area (TPSA) is 79.5 Å². The first-order valence-corrected chi connectivity index (χ1v) is 9.33. The molecule has 0 heterocycles. The number of anilines is 1. The zero-order chi connectivity index (χ0) is 20.5. The lowest BCUT2D eigenvalue weighted by Gasteiger charge is -2.13. The highest BCUT2D eigenvalue weighted by molar-refractivity contribution is 5.94. The molecule has 29 heavy (non-hydrogen) atoms. The fourth-order valence-electron chi connectivity index (χ4n) is 2.67. The fraction of sp³-hybridized carbons (Fsp3) is 0.130. The smallest absolute Gasteiger partial charge is 0.319 e. The van der Waals surface area contributed by atoms with E-state index in [0.29, 0.717) is 35.8 Å². The number of carbonyl (C=O) groups is 2. The molecule has 0 fully saturated rings. The predicted molar refractivity (Wildman–Crippen MR) is 113 cm³/mol. The number of aryl methyl sites for hydroxylation is 1. The second-order valence-corrected chi connectivity index (χ2v) is 6.42. The van der Waals surface area contributed by atoms with Crippen LogP contribution in [0.1, 0.15) is 15.9 Å². The lowest BCUT2D eigenvalue weighted by Crippen LogP contribution is -2.36. The maximum atomic E-state index is 12.2. The molecular formula is C23H23N3O3. The summed E-state index contributed by atoms with van der Waals surface area (Å²) in [5.41, 5.74) is 2.22. The molecule has 0 bridgehead atoms. The number of nitrogens with one attached hydrogen (secondary N) is 3. The number of amides is 3. The molecule has 0 aliphatic heterocycles. The highest BCUT2D eigenvalue weighted by atomic mass is 16.5. The largest absolute Gasteiger partial charge is 0.455 e. The Morgan fingerprint density at radius 2 is 1.55 bits per heavy atom. The van der Waals surface area contributed by atoms with Gasteiger partial charge in [-0.15, -0.1) is 0 Å². The zero-order valence-electron chi connectivity index (χ0n) is 16.1. The van der Waals surface area contributed by atoms with E-state index in [-0.39, 0.29) is 11.9 Å². The number of hydrogen-bond donors (Lipinski definition) is 3. The van der Waals surface area contributed by atoms with Gasteiger partial charge in [0, 0.05) is 18.7 Å². The minimum absolute atomic E-state index is 0.176. The third-order valence-corrected chi connectivity index (χ3v) is 4.08. The minimum Gasteiger partial charge on any atom is -0.455 e. The van der Waals surface area contributed by atoms with Gasteiger partial charge < -0.3 is 20.7 Å². The van der Waals surface area contributed by atoms with E-state index in [1.807, 2.05) is 49.4 Å². The molecule has 0 saturated heterocycles. The Labute approximate surface area is 169 Å². The van der Waals surface area contributed by atoms with Crippen molar-refractivity contribution in [1.82, 2.24) is 10.6 Å². The monoisotopic (exact) mass is 389 g/mol. The van der Waals surface area contributed by atoms with Crippen molar-refractivity contribution in [2.45, 2.75) is 6.92 Å². The van der Waals surface area contributed by atoms with Gasteiger partial charge in [-0.1, -0.05) is 42.5 Å². The number of para-hydroxylation sites is 2. The number of rotatable bonds is 7. The van der Waals surface area contributed by atoms with Gasteiger partial charge in [0.2, 0.25) is 0 Å². The molecule has 0 aromatic heterocycles. The van der Waals surface area contributed by atoms with Crippen LogP contribution in [0.4, 0.5) is 10.5 Å². The average molecular weight is 389 g/mol. The van der Waals surface area contributed by atoms with Crippen molar-refractivity contribution >= 4 is 17.6 Å². The van der Waals surface area contributed by atoms with Crippen molar-refractivity contribution in [1.29, 1.82) is 0 Å². The van der Waals surface area contributed by atoms with Crippen molar-refractivity contribution in [3.05, 3.63) is 90.0 Å². The first kappa shape index (κ1) is 19.9. The Kier molecular flexibility index (Phi) is 6.84. The molecule has 6 heteroatoms. The Morgan fingerprint density at radius 1 is 0.828 bits per heavy atom. The van der Waals surface area contributed by atoms with Gasteiger partial charge >= 0.3 is 6.03 Å². The molecule has 0 aliphatic rings. The van der Waals surface area contributed by atoms with Crippen molar-refractivity contribution in [3.8, 4) is 11.5 Å². The quantitative estimate of drug-likeness (QED) is 0.526. The number of benzene rings is 3. The summed E-state index contributed by atoms with van der Waals surface area (Å²) in [6.45, 7) is 2.61. The molecule has 0 saturated carbocycles. The van der Waals surface area contributed by atoms with Crippen LogP contribution in [0.15, 0.2) is 78.9 Å². The molecular weight excluding hydrogens is 366 g/mol. The van der Waals surface area contributed by atoms with Crippen molar-refractivity contribution in [2.75, 3.05) is 18.4 Å². The molecule has 3 amide bonds. The van der Waals surface area contributed by atoms with Crippen molar-refractivity contribution in [3.63, 3.8) is 0 Å². The lowest BCUT2D eigenvalue weighted by atomic mass is 10.2. The maximum absolute atomic E-state index is 12.2. The molecule has 0 spiro atoms. The average Bonchev–Trinajstić information content (AvgIpc) is 2.73. The van der Waals surface area contributed by atoms with E-state index in [4.69, 9.17) is 4.74 Å². The molecule has 0 unspecified atom stereocenters. The Morgan fingerprint density at radius 3 is 2.34 bits per heavy atom. The van der Waals surface area contributed by atoms with Crippen LogP contribution in [-0.4, -0.2) is 25.0 Å². The van der Waals surface area contributed by atoms with Gasteiger partial charge in [-0.25, -0.2) is 4.79 Å². The van der Waals surface area contributed by atoms with E-state index in [9.17, 15) is 9.59 Å². The van der Waals surface area contributed by atoms with Crippen LogP contribution in [0.2, 0.25) is 0 Å². The molecule has 148 valence electrons. The summed E-state index contributed by atoms with van der Waals surface area (Å²) in [5.74, 6) is 1.07. The van der Waals surface area contributed by atoms with E-state index in [2.05, 4.69) is 16.0 Å². The molecule has 0 radical (unpaired) electrons. The zero-order valence-corrected chi connectivity index (χ0v) is 16.1. The molecule has 0 aliphatic carbocycles. The molecule has 6 nitrogen and oxygen atoms in total. The first-order chi connectivity index (χ1) is 14.1. The second-order valence-electron chi connectivity index (χ2n) is 6.42. The summed E-state index contributed by atoms with van der Waals surface area (Å²) in [7, 11) is 0. The Hall–Kier alpha value is -3.80. The minimum atomic E-state index is -0.376. The number of urea groups is 1. The SMILES string of the molecule is Cc1cccc(Oc2ccccc2NC(=O)NCCNC(=O)c2ccccc2)c1. The van der Waals surface area contributed by atoms with Crippen LogP contribution in [0, 0.1) is 6.92 Å². The third-order valence-electron chi connectivity index (χ3n) is 4.08. The fourth-order valence-corrected chi connectivity index (χ4v) is 2.67. The van der Waals surface area contributed by atoms with Crippen LogP contribution in [0.5, 0.6) is 11.5 Å². The van der Waals surface area contributed by atoms with E-state index < -0.39 is 0 Å². The predicted octanol–water partition coefficient (Wildman–Crippen LogP) is 4.34. The van der Waals surface area contributed by atoms with E-state index in [1.165, 1.54) is 0 Å². The molecule has 3 rings (SSSR count). The van der Waals surface area contributed by atoms with Crippen LogP contribution < -0.4 is 20.7 Å². The summed E-state index contributed by atoms with van der Waals surface area (Å²) in [6, 6.07) is 23.5. The van der Waals surface area contributed by atoms with Crippen LogP contribution in [-0.2, 0) is 0 Å². The Bertz CT molecular complexity index is 974. The van der Waals surface area contributed by atoms with Crippen LogP contribution in [0.3, 0.4) is 0 Å². The van der Waals surface area contributed by atoms with Gasteiger partial charge in [0.25, 0.3) is 5.91 Å². The third kappa shape index (κ3) is 6.10. The highest BCUT2D eigenvalue weighted by Crippen LogP contribution is 2.29. The van der Waals surface area contributed by atoms with Crippen molar-refractivity contribution < 1.29 is 14.3 Å². The highest BCUT2D eigenvalue weighted by Gasteiger charge is 2.09. The Balaban J connectivity index is 1.49. The van der Waals surface area contributed by atoms with E-state index in [0.717, 1.165) is 5.56 Å². The maximum Gasteiger partial charge on any atom is 0.319 e. The summed E-state index contributed by atoms with van der Waals surface area (Å²) in [4.78, 5) is 24.2. The van der Waals surface area contributed by atoms with Gasteiger partial charge in [0.1, 0.15) is 5.75 Å². The summed E-state index contributed by atoms with van der Waals surface area (Å²) >= 11 is 0. The van der Waals surface area contributed by atoms with Crippen LogP contribution in [0.25, 0.3) is 0 Å². The second kappa shape index (κ2) is 9.94. The molecule has 3 N–H and O–H groups in total. The van der Waals surface area contributed by atoms with Gasteiger partial charge in [-0.2, -0.15) is 0 Å². The molecule has 3 aromatic rings. The molecule has 3 aromatic carbocycles. The van der Waals surface area contributed by atoms with Crippen LogP contribution >= 0.6 is 0 Å². The van der Waals surface area contributed by atoms with Gasteiger partial charge in [0.05, 0.1) is 5.69 Å². The van der Waals surface area contributed by atoms with Crippen molar-refractivity contribution in [2.24, 2.45) is 0 Å². The summed E-state index contributed by atoms with van der Waals surface area (Å²) in [5, 5.41) is 8.26. The summed E-state index contributed by atoms with van der Waals surface area (Å²) in [6.07, 6.45) is 0. The van der Waals surface area contributed by atoms with E-state index in [1.54, 1.807) is 36.4 Å². The summed E-state index contributed by atoms with van der Waals surface area (Å²) < 4.78 is 5.90. The van der Waals surface area contributed by atoms with E-state index >= 15 is 0 Å². The van der Waals surface area contributed by atoms with Gasteiger partial charge in [-0.3, -0.25) is 4.79 Å². The lowest BCUT2D eigenvalue weighted by molar-refractivity contribution is 0.0954. The van der Waals surface area contributed by atoms with Gasteiger partial charge in [0.15, 0.2) is 5.75 Å².